The highest BCUT2D eigenvalue weighted by atomic mass is 35.5. The molecule has 41 heavy (non-hydrogen) atoms. The number of aromatic nitrogens is 4. The molecule has 2 aliphatic rings. The third-order valence-electron chi connectivity index (χ3n) is 7.52. The van der Waals surface area contributed by atoms with Crippen LogP contribution >= 0.6 is 11.6 Å². The molecule has 1 aromatic carbocycles. The van der Waals surface area contributed by atoms with E-state index in [1.807, 2.05) is 6.92 Å². The number of esters is 1. The maximum absolute atomic E-state index is 13.9. The SMILES string of the molecule is COC(=O)c1cnc(C(C)N2C[C@@H](C)n3nc4c(c3C2=O)CN(C(=O)c2ccc(Cl)c(C(F)(F)F)c2)[C@H](C)C4)cn1. The minimum absolute atomic E-state index is 0.00293. The number of hydrogen-bond acceptors (Lipinski definition) is 7. The number of benzene rings is 1. The number of amides is 2. The molecule has 3 aromatic rings. The fourth-order valence-corrected chi connectivity index (χ4v) is 5.48. The Labute approximate surface area is 238 Å². The molecule has 1 unspecified atom stereocenters. The summed E-state index contributed by atoms with van der Waals surface area (Å²) in [6, 6.07) is 2.00. The zero-order valence-electron chi connectivity index (χ0n) is 22.6. The molecule has 0 bridgehead atoms. The molecule has 5 rings (SSSR count). The molecule has 3 atom stereocenters. The van der Waals surface area contributed by atoms with Gasteiger partial charge in [0.1, 0.15) is 5.69 Å². The maximum Gasteiger partial charge on any atom is 0.417 e. The van der Waals surface area contributed by atoms with Crippen molar-refractivity contribution in [1.29, 1.82) is 0 Å². The Balaban J connectivity index is 1.45. The predicted octanol–water partition coefficient (Wildman–Crippen LogP) is 4.50. The summed E-state index contributed by atoms with van der Waals surface area (Å²) in [7, 11) is 1.24. The van der Waals surface area contributed by atoms with E-state index in [1.54, 1.807) is 23.4 Å². The molecule has 0 saturated carbocycles. The highest BCUT2D eigenvalue weighted by Crippen LogP contribution is 2.37. The first-order valence-corrected chi connectivity index (χ1v) is 13.2. The summed E-state index contributed by atoms with van der Waals surface area (Å²) in [6.45, 7) is 5.83. The average Bonchev–Trinajstić information content (AvgIpc) is 3.32. The molecular weight excluding hydrogens is 565 g/mol. The lowest BCUT2D eigenvalue weighted by Crippen LogP contribution is -2.45. The molecule has 0 radical (unpaired) electrons. The monoisotopic (exact) mass is 590 g/mol. The van der Waals surface area contributed by atoms with Gasteiger partial charge in [0.05, 0.1) is 60.1 Å². The van der Waals surface area contributed by atoms with Crippen molar-refractivity contribution in [3.63, 3.8) is 0 Å². The minimum atomic E-state index is -4.72. The standard InChI is InChI=1S/C27H26ClF3N6O4/c1-13-7-20-17(12-35(13)24(38)16-5-6-19(28)18(8-16)27(29,30)31)23-25(39)36(11-14(2)37(23)34-20)15(3)21-9-33-22(10-32-21)26(40)41-4/h5-6,8-10,13-15H,7,11-12H2,1-4H3/t13-,14-,15?/m1/s1. The lowest BCUT2D eigenvalue weighted by atomic mass is 9.96. The molecule has 2 aromatic heterocycles. The second-order valence-corrected chi connectivity index (χ2v) is 10.6. The van der Waals surface area contributed by atoms with E-state index in [0.29, 0.717) is 35.6 Å². The highest BCUT2D eigenvalue weighted by molar-refractivity contribution is 6.31. The zero-order valence-corrected chi connectivity index (χ0v) is 23.3. The second kappa shape index (κ2) is 10.4. The van der Waals surface area contributed by atoms with Crippen LogP contribution in [0, 0.1) is 0 Å². The number of hydrogen-bond donors (Lipinski definition) is 0. The number of alkyl halides is 3. The number of methoxy groups -OCH3 is 1. The summed E-state index contributed by atoms with van der Waals surface area (Å²) in [5.74, 6) is -1.56. The molecule has 0 aliphatic carbocycles. The maximum atomic E-state index is 13.9. The third-order valence-corrected chi connectivity index (χ3v) is 7.85. The van der Waals surface area contributed by atoms with Crippen LogP contribution in [0.15, 0.2) is 30.6 Å². The van der Waals surface area contributed by atoms with Gasteiger partial charge in [-0.25, -0.2) is 9.78 Å². The summed E-state index contributed by atoms with van der Waals surface area (Å²) >= 11 is 5.75. The van der Waals surface area contributed by atoms with E-state index in [0.717, 1.165) is 12.1 Å². The molecule has 4 heterocycles. The Bertz CT molecular complexity index is 1540. The van der Waals surface area contributed by atoms with Crippen LogP contribution in [-0.2, 0) is 23.9 Å². The van der Waals surface area contributed by atoms with Crippen LogP contribution in [0.25, 0.3) is 0 Å². The van der Waals surface area contributed by atoms with Crippen LogP contribution in [0.1, 0.15) is 86.7 Å². The van der Waals surface area contributed by atoms with Crippen LogP contribution in [0.2, 0.25) is 5.02 Å². The van der Waals surface area contributed by atoms with E-state index >= 15 is 0 Å². The van der Waals surface area contributed by atoms with Crippen LogP contribution in [0.4, 0.5) is 13.2 Å². The van der Waals surface area contributed by atoms with Crippen molar-refractivity contribution in [3.05, 3.63) is 75.1 Å². The fourth-order valence-electron chi connectivity index (χ4n) is 5.26. The number of carbonyl (C=O) groups is 3. The average molecular weight is 591 g/mol. The van der Waals surface area contributed by atoms with E-state index < -0.39 is 34.7 Å². The lowest BCUT2D eigenvalue weighted by Gasteiger charge is -2.37. The van der Waals surface area contributed by atoms with Gasteiger partial charge in [-0.05, 0) is 39.0 Å². The molecule has 2 amide bonds. The van der Waals surface area contributed by atoms with Gasteiger partial charge in [0, 0.05) is 30.1 Å². The summed E-state index contributed by atoms with van der Waals surface area (Å²) in [5, 5.41) is 4.20. The lowest BCUT2D eigenvalue weighted by molar-refractivity contribution is -0.137. The van der Waals surface area contributed by atoms with Crippen molar-refractivity contribution in [3.8, 4) is 0 Å². The van der Waals surface area contributed by atoms with Crippen LogP contribution in [-0.4, -0.2) is 67.0 Å². The van der Waals surface area contributed by atoms with Gasteiger partial charge in [-0.3, -0.25) is 19.3 Å². The van der Waals surface area contributed by atoms with Gasteiger partial charge in [0.2, 0.25) is 0 Å². The quantitative estimate of drug-likeness (QED) is 0.412. The Kier molecular flexibility index (Phi) is 7.26. The Morgan fingerprint density at radius 3 is 2.51 bits per heavy atom. The van der Waals surface area contributed by atoms with Crippen molar-refractivity contribution in [2.75, 3.05) is 13.7 Å². The largest absolute Gasteiger partial charge is 0.464 e. The van der Waals surface area contributed by atoms with Crippen molar-refractivity contribution < 1.29 is 32.3 Å². The number of carbonyl (C=O) groups excluding carboxylic acids is 3. The summed E-state index contributed by atoms with van der Waals surface area (Å²) in [5.41, 5.74) is 0.811. The van der Waals surface area contributed by atoms with Gasteiger partial charge in [0.25, 0.3) is 11.8 Å². The molecule has 10 nitrogen and oxygen atoms in total. The van der Waals surface area contributed by atoms with Gasteiger partial charge >= 0.3 is 12.1 Å². The van der Waals surface area contributed by atoms with E-state index in [2.05, 4.69) is 14.7 Å². The van der Waals surface area contributed by atoms with E-state index in [-0.39, 0.29) is 35.8 Å². The molecule has 216 valence electrons. The molecule has 0 saturated heterocycles. The van der Waals surface area contributed by atoms with Gasteiger partial charge in [-0.2, -0.15) is 18.3 Å². The van der Waals surface area contributed by atoms with Crippen molar-refractivity contribution in [2.24, 2.45) is 0 Å². The molecule has 14 heteroatoms. The molecule has 0 spiro atoms. The Morgan fingerprint density at radius 1 is 1.15 bits per heavy atom. The van der Waals surface area contributed by atoms with Crippen molar-refractivity contribution in [1.82, 2.24) is 29.5 Å². The van der Waals surface area contributed by atoms with Gasteiger partial charge in [-0.1, -0.05) is 11.6 Å². The predicted molar refractivity (Wildman–Crippen MR) is 139 cm³/mol. The van der Waals surface area contributed by atoms with E-state index in [9.17, 15) is 27.6 Å². The topological polar surface area (TPSA) is 111 Å². The summed E-state index contributed by atoms with van der Waals surface area (Å²) < 4.78 is 46.6. The number of fused-ring (bicyclic) bond motifs is 3. The first kappa shape index (κ1) is 28.5. The van der Waals surface area contributed by atoms with Gasteiger partial charge in [0.15, 0.2) is 5.69 Å². The highest BCUT2D eigenvalue weighted by Gasteiger charge is 2.41. The van der Waals surface area contributed by atoms with E-state index in [4.69, 9.17) is 16.7 Å². The van der Waals surface area contributed by atoms with Crippen LogP contribution in [0.5, 0.6) is 0 Å². The third kappa shape index (κ3) is 5.03. The van der Waals surface area contributed by atoms with Crippen LogP contribution in [0.3, 0.4) is 0 Å². The smallest absolute Gasteiger partial charge is 0.417 e. The molecule has 0 fully saturated rings. The number of nitrogens with zero attached hydrogens (tertiary/aromatic N) is 6. The minimum Gasteiger partial charge on any atom is -0.464 e. The Hall–Kier alpha value is -4.00. The van der Waals surface area contributed by atoms with Crippen molar-refractivity contribution in [2.45, 2.75) is 58.0 Å². The van der Waals surface area contributed by atoms with Crippen molar-refractivity contribution >= 4 is 29.4 Å². The summed E-state index contributed by atoms with van der Waals surface area (Å²) in [4.78, 5) is 50.5. The first-order chi connectivity index (χ1) is 19.3. The van der Waals surface area contributed by atoms with Gasteiger partial charge in [-0.15, -0.1) is 0 Å². The fraction of sp³-hybridized carbons (Fsp3) is 0.407. The van der Waals surface area contributed by atoms with E-state index in [1.165, 1.54) is 30.5 Å². The van der Waals surface area contributed by atoms with Gasteiger partial charge < -0.3 is 14.5 Å². The number of halogens is 4. The second-order valence-electron chi connectivity index (χ2n) is 10.2. The summed E-state index contributed by atoms with van der Waals surface area (Å²) in [6.07, 6.45) is -1.68. The molecular formula is C27H26ClF3N6O4. The van der Waals surface area contributed by atoms with Crippen LogP contribution < -0.4 is 0 Å². The Morgan fingerprint density at radius 2 is 1.88 bits per heavy atom. The zero-order chi connectivity index (χ0) is 29.8. The normalized spacial score (nSPS) is 19.5. The molecule has 2 aliphatic heterocycles. The number of rotatable bonds is 4. The number of ether oxygens (including phenoxy) is 1. The molecule has 0 N–H and O–H groups in total. The first-order valence-electron chi connectivity index (χ1n) is 12.8.